The molecule has 5 nitrogen and oxygen atoms in total. The number of ether oxygens (including phenoxy) is 1. The minimum atomic E-state index is -0.407. The van der Waals surface area contributed by atoms with E-state index in [-0.39, 0.29) is 11.5 Å². The molecule has 0 aliphatic carbocycles. The number of rotatable bonds is 4. The molecule has 1 N–H and O–H groups in total. The molecule has 2 aromatic rings. The molecule has 0 spiro atoms. The molecule has 98 valence electrons. The molecule has 19 heavy (non-hydrogen) atoms. The summed E-state index contributed by atoms with van der Waals surface area (Å²) in [4.78, 5) is 19.6. The average molecular weight is 261 g/mol. The average Bonchev–Trinajstić information content (AvgIpc) is 2.42. The van der Waals surface area contributed by atoms with Gasteiger partial charge in [-0.05, 0) is 31.2 Å². The molecule has 0 fully saturated rings. The molecule has 0 aliphatic rings. The number of aromatic nitrogens is 2. The van der Waals surface area contributed by atoms with Gasteiger partial charge in [-0.25, -0.2) is 14.4 Å². The molecule has 1 heterocycles. The minimum absolute atomic E-state index is 0.183. The maximum atomic E-state index is 12.7. The summed E-state index contributed by atoms with van der Waals surface area (Å²) in [7, 11) is 0. The van der Waals surface area contributed by atoms with Gasteiger partial charge < -0.3 is 10.1 Å². The molecule has 0 saturated carbocycles. The van der Waals surface area contributed by atoms with Gasteiger partial charge in [0.1, 0.15) is 17.8 Å². The molecule has 6 heteroatoms. The van der Waals surface area contributed by atoms with Crippen LogP contribution in [0.2, 0.25) is 0 Å². The molecule has 0 unspecified atom stereocenters. The fraction of sp³-hybridized carbons (Fsp3) is 0.154. The summed E-state index contributed by atoms with van der Waals surface area (Å²) in [6, 6.07) is 6.92. The number of anilines is 1. The number of carbonyl (C=O) groups is 1. The van der Waals surface area contributed by atoms with Crippen molar-refractivity contribution < 1.29 is 13.9 Å². The minimum Gasteiger partial charge on any atom is -0.478 e. The Hall–Kier alpha value is -2.50. The number of carbonyl (C=O) groups excluding carboxylic acids is 1. The highest BCUT2D eigenvalue weighted by Crippen LogP contribution is 2.11. The van der Waals surface area contributed by atoms with E-state index in [1.54, 1.807) is 0 Å². The molecule has 2 rings (SSSR count). The number of hydrogen-bond acceptors (Lipinski definition) is 4. The Morgan fingerprint density at radius 1 is 1.32 bits per heavy atom. The van der Waals surface area contributed by atoms with Crippen LogP contribution in [0.25, 0.3) is 0 Å². The summed E-state index contributed by atoms with van der Waals surface area (Å²) in [5.41, 5.74) is 0.672. The van der Waals surface area contributed by atoms with Crippen LogP contribution in [-0.2, 0) is 0 Å². The third-order valence-corrected chi connectivity index (χ3v) is 2.27. The molecular formula is C13H12FN3O2. The normalized spacial score (nSPS) is 10.0. The number of halogens is 1. The van der Waals surface area contributed by atoms with Gasteiger partial charge in [-0.3, -0.25) is 4.79 Å². The summed E-state index contributed by atoms with van der Waals surface area (Å²) in [5.74, 6) is -0.435. The summed E-state index contributed by atoms with van der Waals surface area (Å²) in [6.07, 6.45) is 1.25. The van der Waals surface area contributed by atoms with Crippen LogP contribution in [-0.4, -0.2) is 22.5 Å². The van der Waals surface area contributed by atoms with Crippen LogP contribution in [0.1, 0.15) is 17.4 Å². The van der Waals surface area contributed by atoms with E-state index in [0.717, 1.165) is 0 Å². The van der Waals surface area contributed by atoms with Crippen molar-refractivity contribution in [1.82, 2.24) is 9.97 Å². The topological polar surface area (TPSA) is 64.1 Å². The summed E-state index contributed by atoms with van der Waals surface area (Å²) in [6.45, 7) is 2.27. The first kappa shape index (κ1) is 12.9. The summed E-state index contributed by atoms with van der Waals surface area (Å²) in [5, 5.41) is 2.60. The Kier molecular flexibility index (Phi) is 4.02. The van der Waals surface area contributed by atoms with Crippen molar-refractivity contribution in [3.8, 4) is 5.88 Å². The first-order valence-corrected chi connectivity index (χ1v) is 5.71. The highest BCUT2D eigenvalue weighted by Gasteiger charge is 2.09. The second-order valence-electron chi connectivity index (χ2n) is 3.64. The maximum absolute atomic E-state index is 12.7. The Labute approximate surface area is 109 Å². The van der Waals surface area contributed by atoms with Gasteiger partial charge in [0.15, 0.2) is 0 Å². The standard InChI is InChI=1S/C13H12FN3O2/c1-2-19-12-7-11(15-8-16-12)13(18)17-10-5-3-9(14)4-6-10/h3-8H,2H2,1H3,(H,17,18). The van der Waals surface area contributed by atoms with Gasteiger partial charge >= 0.3 is 0 Å². The lowest BCUT2D eigenvalue weighted by Crippen LogP contribution is -2.14. The fourth-order valence-electron chi connectivity index (χ4n) is 1.42. The Morgan fingerprint density at radius 3 is 2.74 bits per heavy atom. The van der Waals surface area contributed by atoms with Gasteiger partial charge in [0.25, 0.3) is 5.91 Å². The van der Waals surface area contributed by atoms with E-state index < -0.39 is 5.91 Å². The molecule has 1 amide bonds. The molecule has 0 bridgehead atoms. The summed E-state index contributed by atoms with van der Waals surface area (Å²) < 4.78 is 17.9. The van der Waals surface area contributed by atoms with Gasteiger partial charge in [0.2, 0.25) is 5.88 Å². The maximum Gasteiger partial charge on any atom is 0.274 e. The van der Waals surface area contributed by atoms with Crippen LogP contribution >= 0.6 is 0 Å². The van der Waals surface area contributed by atoms with E-state index >= 15 is 0 Å². The zero-order valence-electron chi connectivity index (χ0n) is 10.3. The lowest BCUT2D eigenvalue weighted by Gasteiger charge is -2.06. The van der Waals surface area contributed by atoms with Crippen LogP contribution in [0.3, 0.4) is 0 Å². The lowest BCUT2D eigenvalue weighted by molar-refractivity contribution is 0.102. The largest absolute Gasteiger partial charge is 0.478 e. The van der Waals surface area contributed by atoms with Crippen molar-refractivity contribution >= 4 is 11.6 Å². The molecule has 0 atom stereocenters. The SMILES string of the molecule is CCOc1cc(C(=O)Nc2ccc(F)cc2)ncn1. The van der Waals surface area contributed by atoms with Crippen molar-refractivity contribution in [1.29, 1.82) is 0 Å². The van der Waals surface area contributed by atoms with Crippen molar-refractivity contribution in [2.24, 2.45) is 0 Å². The van der Waals surface area contributed by atoms with E-state index in [9.17, 15) is 9.18 Å². The fourth-order valence-corrected chi connectivity index (χ4v) is 1.42. The molecule has 0 aliphatic heterocycles. The second-order valence-corrected chi connectivity index (χ2v) is 3.64. The Bertz CT molecular complexity index is 572. The molecule has 1 aromatic heterocycles. The van der Waals surface area contributed by atoms with Crippen LogP contribution in [0.5, 0.6) is 5.88 Å². The van der Waals surface area contributed by atoms with Crippen LogP contribution in [0.4, 0.5) is 10.1 Å². The van der Waals surface area contributed by atoms with Gasteiger partial charge in [-0.2, -0.15) is 0 Å². The molecule has 0 radical (unpaired) electrons. The highest BCUT2D eigenvalue weighted by molar-refractivity contribution is 6.02. The van der Waals surface area contributed by atoms with E-state index in [1.807, 2.05) is 6.92 Å². The number of nitrogens with one attached hydrogen (secondary N) is 1. The van der Waals surface area contributed by atoms with Crippen molar-refractivity contribution in [3.63, 3.8) is 0 Å². The Balaban J connectivity index is 2.11. The first-order chi connectivity index (χ1) is 9.19. The molecular weight excluding hydrogens is 249 g/mol. The van der Waals surface area contributed by atoms with E-state index in [4.69, 9.17) is 4.74 Å². The molecule has 1 aromatic carbocycles. The highest BCUT2D eigenvalue weighted by atomic mass is 19.1. The van der Waals surface area contributed by atoms with E-state index in [0.29, 0.717) is 18.2 Å². The monoisotopic (exact) mass is 261 g/mol. The molecule has 0 saturated heterocycles. The van der Waals surface area contributed by atoms with E-state index in [1.165, 1.54) is 36.7 Å². The van der Waals surface area contributed by atoms with Crippen LogP contribution in [0.15, 0.2) is 36.7 Å². The number of nitrogens with zero attached hydrogens (tertiary/aromatic N) is 2. The van der Waals surface area contributed by atoms with Crippen molar-refractivity contribution in [2.45, 2.75) is 6.92 Å². The third-order valence-electron chi connectivity index (χ3n) is 2.27. The van der Waals surface area contributed by atoms with Crippen LogP contribution < -0.4 is 10.1 Å². The number of amides is 1. The van der Waals surface area contributed by atoms with Gasteiger partial charge in [-0.1, -0.05) is 0 Å². The Morgan fingerprint density at radius 2 is 2.05 bits per heavy atom. The second kappa shape index (κ2) is 5.90. The van der Waals surface area contributed by atoms with Gasteiger partial charge in [-0.15, -0.1) is 0 Å². The zero-order valence-corrected chi connectivity index (χ0v) is 10.3. The summed E-state index contributed by atoms with van der Waals surface area (Å²) >= 11 is 0. The van der Waals surface area contributed by atoms with Crippen molar-refractivity contribution in [2.75, 3.05) is 11.9 Å². The lowest BCUT2D eigenvalue weighted by atomic mass is 10.3. The zero-order chi connectivity index (χ0) is 13.7. The van der Waals surface area contributed by atoms with Crippen molar-refractivity contribution in [3.05, 3.63) is 48.2 Å². The predicted molar refractivity (Wildman–Crippen MR) is 67.6 cm³/mol. The van der Waals surface area contributed by atoms with E-state index in [2.05, 4.69) is 15.3 Å². The van der Waals surface area contributed by atoms with Gasteiger partial charge in [0, 0.05) is 11.8 Å². The third kappa shape index (κ3) is 3.48. The quantitative estimate of drug-likeness (QED) is 0.917. The number of benzene rings is 1. The smallest absolute Gasteiger partial charge is 0.274 e. The first-order valence-electron chi connectivity index (χ1n) is 5.71. The van der Waals surface area contributed by atoms with Crippen LogP contribution in [0, 0.1) is 5.82 Å². The predicted octanol–water partition coefficient (Wildman–Crippen LogP) is 2.27. The van der Waals surface area contributed by atoms with Gasteiger partial charge in [0.05, 0.1) is 6.61 Å². The number of hydrogen-bond donors (Lipinski definition) is 1.